The van der Waals surface area contributed by atoms with Crippen molar-refractivity contribution < 1.29 is 18.8 Å². The monoisotopic (exact) mass is 530 g/mol. The van der Waals surface area contributed by atoms with Gasteiger partial charge in [-0.1, -0.05) is 6.07 Å². The van der Waals surface area contributed by atoms with Crippen LogP contribution < -0.4 is 16.0 Å². The molecule has 3 heterocycles. The van der Waals surface area contributed by atoms with Crippen molar-refractivity contribution in [1.82, 2.24) is 25.5 Å². The lowest BCUT2D eigenvalue weighted by Crippen LogP contribution is -2.33. The highest BCUT2D eigenvalue weighted by Crippen LogP contribution is 2.37. The van der Waals surface area contributed by atoms with E-state index in [1.165, 1.54) is 18.9 Å². The van der Waals surface area contributed by atoms with Crippen LogP contribution in [0.15, 0.2) is 30.3 Å². The summed E-state index contributed by atoms with van der Waals surface area (Å²) in [6.07, 6.45) is 4.13. The molecule has 6 rings (SSSR count). The number of aromatic amines is 1. The number of hydrogen-bond donors (Lipinski definition) is 4. The van der Waals surface area contributed by atoms with Crippen molar-refractivity contribution in [3.63, 3.8) is 0 Å². The first-order valence-electron chi connectivity index (χ1n) is 13.5. The third-order valence-corrected chi connectivity index (χ3v) is 7.72. The molecule has 0 unspecified atom stereocenters. The number of H-pyrrole nitrogens is 1. The molecule has 0 bridgehead atoms. The van der Waals surface area contributed by atoms with Gasteiger partial charge >= 0.3 is 0 Å². The molecule has 4 N–H and O–H groups in total. The van der Waals surface area contributed by atoms with E-state index >= 15 is 4.39 Å². The van der Waals surface area contributed by atoms with Crippen molar-refractivity contribution in [3.8, 4) is 22.5 Å². The fourth-order valence-electron chi connectivity index (χ4n) is 5.43. The van der Waals surface area contributed by atoms with Crippen molar-refractivity contribution in [2.75, 3.05) is 31.5 Å². The smallest absolute Gasteiger partial charge is 0.269 e. The number of fused-ring (bicyclic) bond motifs is 1. The van der Waals surface area contributed by atoms with Gasteiger partial charge in [0.05, 0.1) is 11.3 Å². The van der Waals surface area contributed by atoms with Crippen LogP contribution in [0.5, 0.6) is 0 Å². The standard InChI is InChI=1S/C29H31FN6O3/c1-16-25(29(39)31-10-13-36-11-2-3-12-36)35-26(33-16)21-9-8-19(22-15-32-28(38)24(21)22)20-7-6-18(14-23(20)30)34-27(37)17-4-5-17/h6-9,14,17H,2-5,10-13,15H2,1H3,(H,31,39)(H,32,38)(H,33,35)(H,34,37). The highest BCUT2D eigenvalue weighted by molar-refractivity contribution is 6.06. The predicted molar refractivity (Wildman–Crippen MR) is 145 cm³/mol. The fourth-order valence-corrected chi connectivity index (χ4v) is 5.43. The van der Waals surface area contributed by atoms with Crippen molar-refractivity contribution in [1.29, 1.82) is 0 Å². The van der Waals surface area contributed by atoms with Gasteiger partial charge in [0.1, 0.15) is 17.3 Å². The number of carbonyl (C=O) groups is 3. The third-order valence-electron chi connectivity index (χ3n) is 7.72. The number of imidazole rings is 1. The molecule has 3 aliphatic rings. The molecule has 1 saturated heterocycles. The lowest BCUT2D eigenvalue weighted by molar-refractivity contribution is -0.117. The summed E-state index contributed by atoms with van der Waals surface area (Å²) < 4.78 is 15.2. The summed E-state index contributed by atoms with van der Waals surface area (Å²) in [5.74, 6) is -0.654. The van der Waals surface area contributed by atoms with Crippen LogP contribution >= 0.6 is 0 Å². The number of halogens is 1. The van der Waals surface area contributed by atoms with Gasteiger partial charge in [-0.2, -0.15) is 0 Å². The Labute approximate surface area is 225 Å². The van der Waals surface area contributed by atoms with E-state index in [2.05, 4.69) is 30.8 Å². The minimum Gasteiger partial charge on any atom is -0.349 e. The second-order valence-corrected chi connectivity index (χ2v) is 10.5. The molecule has 39 heavy (non-hydrogen) atoms. The van der Waals surface area contributed by atoms with E-state index in [0.29, 0.717) is 57.3 Å². The molecule has 3 aromatic rings. The van der Waals surface area contributed by atoms with Crippen molar-refractivity contribution in [2.45, 2.75) is 39.2 Å². The second-order valence-electron chi connectivity index (χ2n) is 10.5. The Balaban J connectivity index is 1.25. The van der Waals surface area contributed by atoms with E-state index in [9.17, 15) is 14.4 Å². The van der Waals surface area contributed by atoms with Gasteiger partial charge in [0, 0.05) is 42.4 Å². The average Bonchev–Trinajstić information content (AvgIpc) is 3.30. The quantitative estimate of drug-likeness (QED) is 0.355. The summed E-state index contributed by atoms with van der Waals surface area (Å²) in [5, 5.41) is 8.56. The maximum absolute atomic E-state index is 15.2. The van der Waals surface area contributed by atoms with Crippen LogP contribution in [0.4, 0.5) is 10.1 Å². The molecule has 1 saturated carbocycles. The van der Waals surface area contributed by atoms with Crippen LogP contribution in [-0.2, 0) is 11.3 Å². The Morgan fingerprint density at radius 3 is 2.59 bits per heavy atom. The van der Waals surface area contributed by atoms with Crippen molar-refractivity contribution in [2.24, 2.45) is 5.92 Å². The molecule has 0 atom stereocenters. The lowest BCUT2D eigenvalue weighted by Gasteiger charge is -2.14. The molecule has 202 valence electrons. The number of hydrogen-bond acceptors (Lipinski definition) is 5. The Hall–Kier alpha value is -4.05. The number of rotatable bonds is 8. The van der Waals surface area contributed by atoms with Crippen LogP contribution in [0.25, 0.3) is 22.5 Å². The first-order chi connectivity index (χ1) is 18.9. The molecule has 2 aromatic carbocycles. The summed E-state index contributed by atoms with van der Waals surface area (Å²) in [6.45, 7) is 5.50. The Morgan fingerprint density at radius 2 is 1.85 bits per heavy atom. The van der Waals surface area contributed by atoms with E-state index in [1.54, 1.807) is 31.2 Å². The van der Waals surface area contributed by atoms with E-state index < -0.39 is 5.82 Å². The van der Waals surface area contributed by atoms with E-state index in [1.807, 2.05) is 0 Å². The largest absolute Gasteiger partial charge is 0.349 e. The minimum absolute atomic E-state index is 0.0207. The number of benzene rings is 2. The zero-order valence-corrected chi connectivity index (χ0v) is 21.8. The maximum Gasteiger partial charge on any atom is 0.269 e. The zero-order chi connectivity index (χ0) is 27.1. The minimum atomic E-state index is -0.486. The summed E-state index contributed by atoms with van der Waals surface area (Å²) in [4.78, 5) is 47.8. The predicted octanol–water partition coefficient (Wildman–Crippen LogP) is 3.61. The van der Waals surface area contributed by atoms with Crippen LogP contribution in [0.1, 0.15) is 57.8 Å². The Kier molecular flexibility index (Phi) is 6.64. The number of amides is 3. The van der Waals surface area contributed by atoms with Crippen LogP contribution in [0, 0.1) is 18.7 Å². The van der Waals surface area contributed by atoms with Gasteiger partial charge in [0.25, 0.3) is 11.8 Å². The molecular weight excluding hydrogens is 499 g/mol. The van der Waals surface area contributed by atoms with Gasteiger partial charge < -0.3 is 25.8 Å². The average molecular weight is 531 g/mol. The first-order valence-corrected chi connectivity index (χ1v) is 13.5. The molecule has 10 heteroatoms. The molecule has 1 aromatic heterocycles. The van der Waals surface area contributed by atoms with E-state index in [0.717, 1.165) is 32.5 Å². The number of nitrogens with zero attached hydrogens (tertiary/aromatic N) is 2. The molecule has 2 aliphatic heterocycles. The first kappa shape index (κ1) is 25.2. The highest BCUT2D eigenvalue weighted by atomic mass is 19.1. The Bertz CT molecular complexity index is 1470. The number of likely N-dealkylation sites (tertiary alicyclic amines) is 1. The van der Waals surface area contributed by atoms with Gasteiger partial charge in [0.15, 0.2) is 0 Å². The molecule has 1 aliphatic carbocycles. The van der Waals surface area contributed by atoms with Gasteiger partial charge in [-0.15, -0.1) is 0 Å². The van der Waals surface area contributed by atoms with Gasteiger partial charge in [-0.25, -0.2) is 9.37 Å². The highest BCUT2D eigenvalue weighted by Gasteiger charge is 2.31. The molecule has 0 radical (unpaired) electrons. The summed E-state index contributed by atoms with van der Waals surface area (Å²) in [7, 11) is 0. The molecule has 9 nitrogen and oxygen atoms in total. The molecule has 2 fully saturated rings. The number of nitrogens with one attached hydrogen (secondary N) is 4. The fraction of sp³-hybridized carbons (Fsp3) is 0.379. The second kappa shape index (κ2) is 10.3. The topological polar surface area (TPSA) is 119 Å². The van der Waals surface area contributed by atoms with Crippen LogP contribution in [-0.4, -0.2) is 58.8 Å². The number of carbonyl (C=O) groups excluding carboxylic acids is 3. The summed E-state index contributed by atoms with van der Waals surface area (Å²) >= 11 is 0. The van der Waals surface area contributed by atoms with Crippen molar-refractivity contribution in [3.05, 3.63) is 58.7 Å². The SMILES string of the molecule is Cc1nc(-c2ccc(-c3ccc(NC(=O)C4CC4)cc3F)c3c2C(=O)NC3)[nH]c1C(=O)NCCN1CCCC1. The Morgan fingerprint density at radius 1 is 1.10 bits per heavy atom. The normalized spacial score (nSPS) is 16.7. The molecule has 3 amide bonds. The van der Waals surface area contributed by atoms with Crippen molar-refractivity contribution >= 4 is 23.4 Å². The molecule has 0 spiro atoms. The maximum atomic E-state index is 15.2. The molecular formula is C29H31FN6O3. The van der Waals surface area contributed by atoms with Gasteiger partial charge in [-0.3, -0.25) is 14.4 Å². The summed E-state index contributed by atoms with van der Waals surface area (Å²) in [5.41, 5.74) is 3.86. The number of anilines is 1. The van der Waals surface area contributed by atoms with E-state index in [-0.39, 0.29) is 30.2 Å². The number of aromatic nitrogens is 2. The zero-order valence-electron chi connectivity index (χ0n) is 21.8. The number of aryl methyl sites for hydroxylation is 1. The van der Waals surface area contributed by atoms with E-state index in [4.69, 9.17) is 0 Å². The summed E-state index contributed by atoms with van der Waals surface area (Å²) in [6, 6.07) is 8.10. The lowest BCUT2D eigenvalue weighted by atomic mass is 9.92. The van der Waals surface area contributed by atoms with Gasteiger partial charge in [-0.05, 0) is 81.1 Å². The van der Waals surface area contributed by atoms with Crippen LogP contribution in [0.2, 0.25) is 0 Å². The van der Waals surface area contributed by atoms with Crippen LogP contribution in [0.3, 0.4) is 0 Å². The van der Waals surface area contributed by atoms with Gasteiger partial charge in [0.2, 0.25) is 5.91 Å². The third kappa shape index (κ3) is 5.04.